The van der Waals surface area contributed by atoms with E-state index in [1.807, 2.05) is 0 Å². The maximum absolute atomic E-state index is 13.7. The summed E-state index contributed by atoms with van der Waals surface area (Å²) in [7, 11) is 0. The molecular formula is C17H13BrF3N3O3. The number of halogens is 4. The molecular weight excluding hydrogens is 431 g/mol. The number of nitrogens with zero attached hydrogens (tertiary/aromatic N) is 1. The van der Waals surface area contributed by atoms with Gasteiger partial charge in [0.15, 0.2) is 5.78 Å². The summed E-state index contributed by atoms with van der Waals surface area (Å²) in [6.45, 7) is 0. The van der Waals surface area contributed by atoms with E-state index in [9.17, 15) is 27.9 Å². The van der Waals surface area contributed by atoms with Gasteiger partial charge in [-0.3, -0.25) is 9.78 Å². The fourth-order valence-electron chi connectivity index (χ4n) is 2.97. The van der Waals surface area contributed by atoms with Crippen LogP contribution in [0.25, 0.3) is 0 Å². The lowest BCUT2D eigenvalue weighted by molar-refractivity contribution is -0.287. The van der Waals surface area contributed by atoms with Crippen molar-refractivity contribution in [2.24, 2.45) is 5.92 Å². The summed E-state index contributed by atoms with van der Waals surface area (Å²) in [6.07, 6.45) is -2.82. The first-order chi connectivity index (χ1) is 12.6. The third kappa shape index (κ3) is 3.54. The van der Waals surface area contributed by atoms with Gasteiger partial charge in [0.25, 0.3) is 0 Å². The number of amides is 2. The number of nitrogens with one attached hydrogen (secondary N) is 2. The Bertz CT molecular complexity index is 861. The standard InChI is InChI=1S/C17H13BrF3N3O3/c18-11-5-3-9(4-6-11)13-12(14(25)10-2-1-7-22-8-10)16(27,17(19,20)21)24-15(26)23-13/h1-8,12-13,27H,(H2,23,24,26). The van der Waals surface area contributed by atoms with Crippen molar-refractivity contribution in [3.05, 3.63) is 64.4 Å². The van der Waals surface area contributed by atoms with Gasteiger partial charge in [-0.25, -0.2) is 4.79 Å². The second-order valence-electron chi connectivity index (χ2n) is 5.98. The maximum Gasteiger partial charge on any atom is 0.437 e. The molecule has 0 aliphatic carbocycles. The molecule has 2 aromatic rings. The average Bonchev–Trinajstić information content (AvgIpc) is 2.61. The predicted octanol–water partition coefficient (Wildman–Crippen LogP) is 2.95. The van der Waals surface area contributed by atoms with Crippen LogP contribution in [0.2, 0.25) is 0 Å². The average molecular weight is 444 g/mol. The second kappa shape index (κ2) is 6.93. The van der Waals surface area contributed by atoms with Gasteiger partial charge in [0.2, 0.25) is 5.72 Å². The van der Waals surface area contributed by atoms with Crippen molar-refractivity contribution in [2.45, 2.75) is 17.9 Å². The minimum Gasteiger partial charge on any atom is -0.363 e. The van der Waals surface area contributed by atoms with Crippen LogP contribution in [0.3, 0.4) is 0 Å². The van der Waals surface area contributed by atoms with Gasteiger partial charge in [0.05, 0.1) is 6.04 Å². The number of ketones is 1. The SMILES string of the molecule is O=C1NC(c2ccc(Br)cc2)C(C(=O)c2cccnc2)C(O)(C(F)(F)F)N1. The van der Waals surface area contributed by atoms with Crippen LogP contribution in [-0.2, 0) is 0 Å². The Hall–Kier alpha value is -2.46. The van der Waals surface area contributed by atoms with Crippen molar-refractivity contribution in [3.8, 4) is 0 Å². The number of urea groups is 1. The monoisotopic (exact) mass is 443 g/mol. The van der Waals surface area contributed by atoms with Crippen molar-refractivity contribution in [1.29, 1.82) is 0 Å². The molecule has 3 atom stereocenters. The Morgan fingerprint density at radius 3 is 2.44 bits per heavy atom. The predicted molar refractivity (Wildman–Crippen MR) is 91.6 cm³/mol. The number of alkyl halides is 3. The minimum absolute atomic E-state index is 0.120. The molecule has 0 radical (unpaired) electrons. The normalized spacial score (nSPS) is 25.4. The topological polar surface area (TPSA) is 91.3 Å². The number of pyridine rings is 1. The quantitative estimate of drug-likeness (QED) is 0.636. The summed E-state index contributed by atoms with van der Waals surface area (Å²) in [4.78, 5) is 28.5. The molecule has 3 unspecified atom stereocenters. The molecule has 0 saturated carbocycles. The molecule has 0 spiro atoms. The molecule has 10 heteroatoms. The Balaban J connectivity index is 2.15. The first-order valence-electron chi connectivity index (χ1n) is 7.71. The molecule has 6 nitrogen and oxygen atoms in total. The van der Waals surface area contributed by atoms with Crippen molar-refractivity contribution in [3.63, 3.8) is 0 Å². The molecule has 1 fully saturated rings. The molecule has 1 aromatic heterocycles. The highest BCUT2D eigenvalue weighted by Gasteiger charge is 2.66. The van der Waals surface area contributed by atoms with Crippen molar-refractivity contribution in [2.75, 3.05) is 0 Å². The van der Waals surface area contributed by atoms with Crippen LogP contribution in [0.1, 0.15) is 22.0 Å². The Morgan fingerprint density at radius 2 is 1.89 bits per heavy atom. The molecule has 3 rings (SSSR count). The van der Waals surface area contributed by atoms with E-state index in [-0.39, 0.29) is 11.1 Å². The summed E-state index contributed by atoms with van der Waals surface area (Å²) in [5.41, 5.74) is -3.64. The Morgan fingerprint density at radius 1 is 1.22 bits per heavy atom. The van der Waals surface area contributed by atoms with Gasteiger partial charge in [0.1, 0.15) is 5.92 Å². The maximum atomic E-state index is 13.7. The van der Waals surface area contributed by atoms with Gasteiger partial charge in [-0.15, -0.1) is 0 Å². The first kappa shape index (κ1) is 19.3. The van der Waals surface area contributed by atoms with Crippen molar-refractivity contribution >= 4 is 27.7 Å². The van der Waals surface area contributed by atoms with Gasteiger partial charge in [0, 0.05) is 22.4 Å². The van der Waals surface area contributed by atoms with Crippen LogP contribution in [0.15, 0.2) is 53.3 Å². The van der Waals surface area contributed by atoms with Crippen molar-refractivity contribution < 1.29 is 27.9 Å². The number of rotatable bonds is 3. The highest BCUT2D eigenvalue weighted by molar-refractivity contribution is 9.10. The summed E-state index contributed by atoms with van der Waals surface area (Å²) in [5, 5.41) is 14.2. The van der Waals surface area contributed by atoms with E-state index in [2.05, 4.69) is 26.2 Å². The summed E-state index contributed by atoms with van der Waals surface area (Å²) in [6, 6.07) is 6.07. The van der Waals surface area contributed by atoms with Crippen LogP contribution in [-0.4, -0.2) is 33.8 Å². The largest absolute Gasteiger partial charge is 0.437 e. The third-order valence-corrected chi connectivity index (χ3v) is 4.79. The number of hydrogen-bond donors (Lipinski definition) is 3. The Labute approximate surface area is 159 Å². The van der Waals surface area contributed by atoms with Crippen LogP contribution in [0.5, 0.6) is 0 Å². The van der Waals surface area contributed by atoms with Gasteiger partial charge in [-0.05, 0) is 29.8 Å². The highest BCUT2D eigenvalue weighted by atomic mass is 79.9. The Kier molecular flexibility index (Phi) is 4.96. The zero-order valence-corrected chi connectivity index (χ0v) is 15.1. The van der Waals surface area contributed by atoms with E-state index < -0.39 is 35.7 Å². The van der Waals surface area contributed by atoms with Crippen LogP contribution in [0, 0.1) is 5.92 Å². The van der Waals surface area contributed by atoms with Gasteiger partial charge in [-0.1, -0.05) is 28.1 Å². The van der Waals surface area contributed by atoms with E-state index in [1.165, 1.54) is 35.8 Å². The lowest BCUT2D eigenvalue weighted by atomic mass is 9.77. The summed E-state index contributed by atoms with van der Waals surface area (Å²) < 4.78 is 41.8. The molecule has 1 aromatic carbocycles. The molecule has 1 aliphatic rings. The molecule has 2 heterocycles. The van der Waals surface area contributed by atoms with E-state index in [4.69, 9.17) is 0 Å². The first-order valence-corrected chi connectivity index (χ1v) is 8.50. The van der Waals surface area contributed by atoms with Crippen LogP contribution in [0.4, 0.5) is 18.0 Å². The number of carbonyl (C=O) groups excluding carboxylic acids is 2. The summed E-state index contributed by atoms with van der Waals surface area (Å²) >= 11 is 3.21. The van der Waals surface area contributed by atoms with Crippen LogP contribution < -0.4 is 10.6 Å². The number of carbonyl (C=O) groups is 2. The van der Waals surface area contributed by atoms with Crippen molar-refractivity contribution in [1.82, 2.24) is 15.6 Å². The van der Waals surface area contributed by atoms with Crippen LogP contribution >= 0.6 is 15.9 Å². The third-order valence-electron chi connectivity index (χ3n) is 4.26. The fourth-order valence-corrected chi connectivity index (χ4v) is 3.24. The molecule has 142 valence electrons. The molecule has 27 heavy (non-hydrogen) atoms. The molecule has 1 saturated heterocycles. The highest BCUT2D eigenvalue weighted by Crippen LogP contribution is 2.43. The molecule has 3 N–H and O–H groups in total. The number of aliphatic hydroxyl groups is 1. The van der Waals surface area contributed by atoms with Gasteiger partial charge >= 0.3 is 12.2 Å². The zero-order chi connectivity index (χ0) is 19.8. The second-order valence-corrected chi connectivity index (χ2v) is 6.89. The summed E-state index contributed by atoms with van der Waals surface area (Å²) in [5.74, 6) is -3.08. The smallest absolute Gasteiger partial charge is 0.363 e. The fraction of sp³-hybridized carbons (Fsp3) is 0.235. The number of hydrogen-bond acceptors (Lipinski definition) is 4. The number of benzene rings is 1. The van der Waals surface area contributed by atoms with E-state index in [1.54, 1.807) is 12.1 Å². The van der Waals surface area contributed by atoms with E-state index >= 15 is 0 Å². The lowest BCUT2D eigenvalue weighted by Gasteiger charge is -2.45. The zero-order valence-electron chi connectivity index (χ0n) is 13.5. The molecule has 1 aliphatic heterocycles. The number of aromatic nitrogens is 1. The van der Waals surface area contributed by atoms with E-state index in [0.29, 0.717) is 4.47 Å². The lowest BCUT2D eigenvalue weighted by Crippen LogP contribution is -2.72. The van der Waals surface area contributed by atoms with Gasteiger partial charge < -0.3 is 15.7 Å². The molecule has 0 bridgehead atoms. The minimum atomic E-state index is -5.29. The van der Waals surface area contributed by atoms with Gasteiger partial charge in [-0.2, -0.15) is 13.2 Å². The molecule has 2 amide bonds. The van der Waals surface area contributed by atoms with E-state index in [0.717, 1.165) is 6.20 Å². The number of Topliss-reactive ketones (excluding diaryl/α,β-unsaturated/α-hetero) is 1.